The molecule has 0 saturated carbocycles. The van der Waals surface area contributed by atoms with E-state index in [1.807, 2.05) is 0 Å². The van der Waals surface area contributed by atoms with Crippen molar-refractivity contribution in [2.75, 3.05) is 17.1 Å². The Hall–Kier alpha value is -3.10. The first-order valence-corrected chi connectivity index (χ1v) is 10.2. The summed E-state index contributed by atoms with van der Waals surface area (Å²) < 4.78 is 46.5. The highest BCUT2D eigenvalue weighted by Gasteiger charge is 2.21. The van der Waals surface area contributed by atoms with Crippen molar-refractivity contribution in [2.24, 2.45) is 0 Å². The molecule has 9 heteroatoms. The van der Waals surface area contributed by atoms with E-state index in [-0.39, 0.29) is 16.4 Å². The van der Waals surface area contributed by atoms with Crippen LogP contribution >= 0.6 is 11.6 Å². The maximum atomic E-state index is 13.9. The predicted octanol–water partition coefficient (Wildman–Crippen LogP) is 4.54. The number of ether oxygens (including phenoxy) is 1. The van der Waals surface area contributed by atoms with Crippen LogP contribution in [-0.4, -0.2) is 21.4 Å². The Bertz CT molecular complexity index is 1170. The fourth-order valence-electron chi connectivity index (χ4n) is 2.53. The lowest BCUT2D eigenvalue weighted by Gasteiger charge is -2.14. The van der Waals surface area contributed by atoms with Gasteiger partial charge in [0.15, 0.2) is 0 Å². The molecule has 6 nitrogen and oxygen atoms in total. The third-order valence-electron chi connectivity index (χ3n) is 3.93. The molecule has 3 aromatic carbocycles. The molecule has 0 fully saturated rings. The maximum absolute atomic E-state index is 13.9. The summed E-state index contributed by atoms with van der Waals surface area (Å²) in [7, 11) is -2.75. The molecule has 0 unspecified atom stereocenters. The number of rotatable bonds is 6. The Morgan fingerprint density at radius 3 is 2.48 bits per heavy atom. The number of carbonyl (C=O) groups is 1. The van der Waals surface area contributed by atoms with Gasteiger partial charge in [-0.05, 0) is 48.5 Å². The molecule has 0 spiro atoms. The third kappa shape index (κ3) is 4.85. The van der Waals surface area contributed by atoms with Crippen LogP contribution in [0.15, 0.2) is 71.6 Å². The lowest BCUT2D eigenvalue weighted by Crippen LogP contribution is -2.18. The first-order chi connectivity index (χ1) is 13.8. The Morgan fingerprint density at radius 1 is 1.00 bits per heavy atom. The number of carbonyl (C=O) groups excluding carboxylic acids is 1. The van der Waals surface area contributed by atoms with Gasteiger partial charge in [0.2, 0.25) is 0 Å². The molecule has 0 aliphatic carbocycles. The molecule has 1 amide bonds. The van der Waals surface area contributed by atoms with Crippen LogP contribution in [0.3, 0.4) is 0 Å². The van der Waals surface area contributed by atoms with E-state index in [4.69, 9.17) is 16.3 Å². The quantitative estimate of drug-likeness (QED) is 0.596. The van der Waals surface area contributed by atoms with Crippen molar-refractivity contribution in [2.45, 2.75) is 4.90 Å². The van der Waals surface area contributed by atoms with Crippen LogP contribution < -0.4 is 14.8 Å². The minimum Gasteiger partial charge on any atom is -0.497 e. The van der Waals surface area contributed by atoms with Gasteiger partial charge in [0, 0.05) is 10.6 Å². The second kappa shape index (κ2) is 8.50. The molecule has 29 heavy (non-hydrogen) atoms. The molecule has 3 rings (SSSR count). The normalized spacial score (nSPS) is 11.0. The van der Waals surface area contributed by atoms with Crippen molar-refractivity contribution in [3.05, 3.63) is 83.1 Å². The lowest BCUT2D eigenvalue weighted by molar-refractivity contribution is 0.102. The molecule has 0 saturated heterocycles. The Kier molecular flexibility index (Phi) is 6.05. The van der Waals surface area contributed by atoms with Gasteiger partial charge in [-0.25, -0.2) is 12.8 Å². The van der Waals surface area contributed by atoms with Gasteiger partial charge in [0.05, 0.1) is 18.5 Å². The summed E-state index contributed by atoms with van der Waals surface area (Å²) in [6, 6.07) is 15.6. The van der Waals surface area contributed by atoms with E-state index < -0.39 is 26.6 Å². The molecular formula is C20H16ClFN2O4S. The summed E-state index contributed by atoms with van der Waals surface area (Å²) in [5.41, 5.74) is 0.450. The zero-order chi connectivity index (χ0) is 21.0. The van der Waals surface area contributed by atoms with Crippen LogP contribution in [-0.2, 0) is 10.0 Å². The minimum atomic E-state index is -4.23. The second-order valence-corrected chi connectivity index (χ2v) is 8.00. The molecule has 2 N–H and O–H groups in total. The van der Waals surface area contributed by atoms with Gasteiger partial charge < -0.3 is 10.1 Å². The molecule has 0 atom stereocenters. The molecule has 0 heterocycles. The number of hydrogen-bond acceptors (Lipinski definition) is 4. The highest BCUT2D eigenvalue weighted by Crippen LogP contribution is 2.29. The maximum Gasteiger partial charge on any atom is 0.264 e. The van der Waals surface area contributed by atoms with Gasteiger partial charge in [-0.15, -0.1) is 0 Å². The zero-order valence-electron chi connectivity index (χ0n) is 15.1. The molecule has 0 aliphatic rings. The number of methoxy groups -OCH3 is 1. The van der Waals surface area contributed by atoms with Crippen molar-refractivity contribution >= 4 is 38.9 Å². The fourth-order valence-corrected chi connectivity index (χ4v) is 3.86. The highest BCUT2D eigenvalue weighted by molar-refractivity contribution is 7.92. The largest absolute Gasteiger partial charge is 0.497 e. The van der Waals surface area contributed by atoms with Crippen LogP contribution in [0.25, 0.3) is 0 Å². The van der Waals surface area contributed by atoms with E-state index >= 15 is 0 Å². The van der Waals surface area contributed by atoms with E-state index in [0.717, 1.165) is 12.1 Å². The standard InChI is InChI=1S/C20H16ClFN2O4S/c1-28-15-6-4-5-13(11-15)20(25)23-18-12-14(21)9-10-17(18)24-29(26,27)19-8-3-2-7-16(19)22/h2-12,24H,1H3,(H,23,25). The second-order valence-electron chi connectivity index (χ2n) is 5.91. The number of nitrogens with one attached hydrogen (secondary N) is 2. The molecule has 0 radical (unpaired) electrons. The van der Waals surface area contributed by atoms with E-state index in [9.17, 15) is 17.6 Å². The lowest BCUT2D eigenvalue weighted by atomic mass is 10.2. The van der Waals surface area contributed by atoms with Crippen LogP contribution in [0.5, 0.6) is 5.75 Å². The van der Waals surface area contributed by atoms with E-state index in [1.54, 1.807) is 18.2 Å². The van der Waals surface area contributed by atoms with Crippen LogP contribution in [0.4, 0.5) is 15.8 Å². The molecule has 150 valence electrons. The van der Waals surface area contributed by atoms with Gasteiger partial charge in [0.1, 0.15) is 16.5 Å². The fraction of sp³-hybridized carbons (Fsp3) is 0.0500. The summed E-state index contributed by atoms with van der Waals surface area (Å²) in [5, 5.41) is 2.89. The molecule has 0 aromatic heterocycles. The van der Waals surface area contributed by atoms with Gasteiger partial charge in [-0.2, -0.15) is 0 Å². The van der Waals surface area contributed by atoms with Crippen LogP contribution in [0.2, 0.25) is 5.02 Å². The molecule has 0 aliphatic heterocycles. The number of benzene rings is 3. The highest BCUT2D eigenvalue weighted by atomic mass is 35.5. The molecular weight excluding hydrogens is 419 g/mol. The SMILES string of the molecule is COc1cccc(C(=O)Nc2cc(Cl)ccc2NS(=O)(=O)c2ccccc2F)c1. The van der Waals surface area contributed by atoms with Crippen molar-refractivity contribution < 1.29 is 22.3 Å². The summed E-state index contributed by atoms with van der Waals surface area (Å²) in [4.78, 5) is 12.1. The van der Waals surface area contributed by atoms with Crippen molar-refractivity contribution in [3.8, 4) is 5.75 Å². The topological polar surface area (TPSA) is 84.5 Å². The average Bonchev–Trinajstić information content (AvgIpc) is 2.70. The van der Waals surface area contributed by atoms with Crippen molar-refractivity contribution in [3.63, 3.8) is 0 Å². The Balaban J connectivity index is 1.92. The first kappa shape index (κ1) is 20.6. The molecule has 3 aromatic rings. The van der Waals surface area contributed by atoms with Crippen LogP contribution in [0.1, 0.15) is 10.4 Å². The number of hydrogen-bond donors (Lipinski definition) is 2. The molecule has 0 bridgehead atoms. The van der Waals surface area contributed by atoms with Crippen molar-refractivity contribution in [1.29, 1.82) is 0 Å². The summed E-state index contributed by atoms with van der Waals surface area (Å²) in [6.07, 6.45) is 0. The van der Waals surface area contributed by atoms with E-state index in [2.05, 4.69) is 10.0 Å². The number of anilines is 2. The number of amides is 1. The predicted molar refractivity (Wildman–Crippen MR) is 110 cm³/mol. The number of halogens is 2. The van der Waals surface area contributed by atoms with Gasteiger partial charge in [0.25, 0.3) is 15.9 Å². The minimum absolute atomic E-state index is 0.0360. The zero-order valence-corrected chi connectivity index (χ0v) is 16.7. The van der Waals surface area contributed by atoms with Gasteiger partial charge in [-0.1, -0.05) is 29.8 Å². The summed E-state index contributed by atoms with van der Waals surface area (Å²) in [6.45, 7) is 0. The van der Waals surface area contributed by atoms with Crippen molar-refractivity contribution in [1.82, 2.24) is 0 Å². The first-order valence-electron chi connectivity index (χ1n) is 8.32. The summed E-state index contributed by atoms with van der Waals surface area (Å²) >= 11 is 6.00. The van der Waals surface area contributed by atoms with Gasteiger partial charge >= 0.3 is 0 Å². The Labute approximate surface area is 172 Å². The third-order valence-corrected chi connectivity index (χ3v) is 5.57. The monoisotopic (exact) mass is 434 g/mol. The average molecular weight is 435 g/mol. The van der Waals surface area contributed by atoms with E-state index in [0.29, 0.717) is 11.3 Å². The van der Waals surface area contributed by atoms with E-state index in [1.165, 1.54) is 43.5 Å². The van der Waals surface area contributed by atoms with Gasteiger partial charge in [-0.3, -0.25) is 9.52 Å². The van der Waals surface area contributed by atoms with Crippen LogP contribution in [0, 0.1) is 5.82 Å². The Morgan fingerprint density at radius 2 is 1.76 bits per heavy atom. The number of sulfonamides is 1. The summed E-state index contributed by atoms with van der Waals surface area (Å²) in [5.74, 6) is -0.905. The smallest absolute Gasteiger partial charge is 0.264 e.